The normalized spacial score (nSPS) is 12.8. The Balaban J connectivity index is 0.00000288. The van der Waals surface area contributed by atoms with Crippen LogP contribution in [0.4, 0.5) is 0 Å². The van der Waals surface area contributed by atoms with Crippen LogP contribution in [0.5, 0.6) is 0 Å². The highest BCUT2D eigenvalue weighted by Crippen LogP contribution is 2.15. The molecule has 3 N–H and O–H groups in total. The summed E-state index contributed by atoms with van der Waals surface area (Å²) in [6, 6.07) is 18.8. The first-order valence-electron chi connectivity index (χ1n) is 7.93. The van der Waals surface area contributed by atoms with Crippen molar-refractivity contribution in [2.45, 2.75) is 25.5 Å². The number of halogens is 1. The minimum absolute atomic E-state index is 0. The molecule has 0 aliphatic heterocycles. The van der Waals surface area contributed by atoms with E-state index < -0.39 is 6.04 Å². The maximum Gasteiger partial charge on any atom is 0.241 e. The summed E-state index contributed by atoms with van der Waals surface area (Å²) in [7, 11) is 0. The number of nitrogens with two attached hydrogens (primary N) is 1. The van der Waals surface area contributed by atoms with Crippen molar-refractivity contribution in [3.63, 3.8) is 0 Å². The van der Waals surface area contributed by atoms with Crippen LogP contribution in [-0.2, 0) is 9.53 Å². The van der Waals surface area contributed by atoms with Gasteiger partial charge in [0.2, 0.25) is 5.91 Å². The van der Waals surface area contributed by atoms with E-state index in [0.717, 1.165) is 17.5 Å². The topological polar surface area (TPSA) is 64.3 Å². The lowest BCUT2D eigenvalue weighted by atomic mass is 10.1. The lowest BCUT2D eigenvalue weighted by Crippen LogP contribution is -2.34. The number of nitrogens with one attached hydrogen (secondary N) is 1. The first kappa shape index (κ1) is 20.2. The largest absolute Gasteiger partial charge is 0.374 e. The molecule has 2 aromatic rings. The standard InChI is InChI=1S/C19H24N2O2.ClH/c1-15(16-9-4-2-5-10-16)23-14-8-13-21-19(22)18(20)17-11-6-3-7-12-17;/h2-7,9-12,15,18H,8,13-14,20H2,1H3,(H,21,22);1H. The summed E-state index contributed by atoms with van der Waals surface area (Å²) in [5, 5.41) is 2.85. The molecule has 5 heteroatoms. The van der Waals surface area contributed by atoms with Crippen molar-refractivity contribution >= 4 is 18.3 Å². The van der Waals surface area contributed by atoms with Gasteiger partial charge in [-0.05, 0) is 24.5 Å². The van der Waals surface area contributed by atoms with Crippen LogP contribution in [0.3, 0.4) is 0 Å². The third-order valence-corrected chi connectivity index (χ3v) is 3.70. The molecule has 2 unspecified atom stereocenters. The summed E-state index contributed by atoms with van der Waals surface area (Å²) in [4.78, 5) is 12.0. The molecule has 0 fully saturated rings. The molecular weight excluding hydrogens is 324 g/mol. The van der Waals surface area contributed by atoms with E-state index in [9.17, 15) is 4.79 Å². The van der Waals surface area contributed by atoms with Gasteiger partial charge in [-0.25, -0.2) is 0 Å². The third-order valence-electron chi connectivity index (χ3n) is 3.70. The molecule has 1 amide bonds. The Hall–Kier alpha value is -1.88. The van der Waals surface area contributed by atoms with Gasteiger partial charge < -0.3 is 15.8 Å². The van der Waals surface area contributed by atoms with Gasteiger partial charge in [-0.1, -0.05) is 60.7 Å². The Morgan fingerprint density at radius 3 is 2.17 bits per heavy atom. The predicted molar refractivity (Wildman–Crippen MR) is 99.1 cm³/mol. The SMILES string of the molecule is CC(OCCCNC(=O)C(N)c1ccccc1)c1ccccc1.Cl. The Kier molecular flexibility index (Phi) is 9.08. The van der Waals surface area contributed by atoms with Crippen LogP contribution < -0.4 is 11.1 Å². The summed E-state index contributed by atoms with van der Waals surface area (Å²) in [6.07, 6.45) is 0.809. The van der Waals surface area contributed by atoms with Crippen molar-refractivity contribution < 1.29 is 9.53 Å². The van der Waals surface area contributed by atoms with Crippen LogP contribution in [0.1, 0.15) is 36.6 Å². The minimum Gasteiger partial charge on any atom is -0.374 e. The zero-order chi connectivity index (χ0) is 16.5. The molecule has 2 atom stereocenters. The molecular formula is C19H25ClN2O2. The van der Waals surface area contributed by atoms with Gasteiger partial charge in [-0.15, -0.1) is 12.4 Å². The van der Waals surface area contributed by atoms with Crippen molar-refractivity contribution in [1.29, 1.82) is 0 Å². The summed E-state index contributed by atoms with van der Waals surface area (Å²) in [5.74, 6) is -0.160. The molecule has 24 heavy (non-hydrogen) atoms. The average Bonchev–Trinajstić information content (AvgIpc) is 2.62. The van der Waals surface area contributed by atoms with E-state index in [1.54, 1.807) is 0 Å². The quantitative estimate of drug-likeness (QED) is 0.719. The van der Waals surface area contributed by atoms with E-state index in [4.69, 9.17) is 10.5 Å². The molecule has 130 valence electrons. The number of rotatable bonds is 8. The summed E-state index contributed by atoms with van der Waals surface area (Å²) >= 11 is 0. The molecule has 0 heterocycles. The van der Waals surface area contributed by atoms with Crippen LogP contribution in [0, 0.1) is 0 Å². The van der Waals surface area contributed by atoms with Crippen molar-refractivity contribution in [2.24, 2.45) is 5.73 Å². The predicted octanol–water partition coefficient (Wildman–Crippen LogP) is 3.39. The third kappa shape index (κ3) is 6.32. The smallest absolute Gasteiger partial charge is 0.241 e. The summed E-state index contributed by atoms with van der Waals surface area (Å²) in [6.45, 7) is 3.18. The maximum atomic E-state index is 12.0. The number of hydrogen-bond acceptors (Lipinski definition) is 3. The van der Waals surface area contributed by atoms with Crippen molar-refractivity contribution in [2.75, 3.05) is 13.2 Å². The van der Waals surface area contributed by atoms with Gasteiger partial charge in [-0.2, -0.15) is 0 Å². The highest BCUT2D eigenvalue weighted by atomic mass is 35.5. The Morgan fingerprint density at radius 2 is 1.58 bits per heavy atom. The second-order valence-electron chi connectivity index (χ2n) is 5.46. The number of carbonyl (C=O) groups is 1. The fourth-order valence-corrected chi connectivity index (χ4v) is 2.29. The van der Waals surface area contributed by atoms with Crippen molar-refractivity contribution in [3.05, 3.63) is 71.8 Å². The molecule has 2 rings (SSSR count). The summed E-state index contributed by atoms with van der Waals surface area (Å²) in [5.41, 5.74) is 7.91. The van der Waals surface area contributed by atoms with Gasteiger partial charge in [0, 0.05) is 13.2 Å². The highest BCUT2D eigenvalue weighted by molar-refractivity contribution is 5.85. The molecule has 0 bridgehead atoms. The van der Waals surface area contributed by atoms with Gasteiger partial charge in [0.25, 0.3) is 0 Å². The number of hydrogen-bond donors (Lipinski definition) is 2. The zero-order valence-electron chi connectivity index (χ0n) is 13.9. The monoisotopic (exact) mass is 348 g/mol. The molecule has 0 saturated heterocycles. The van der Waals surface area contributed by atoms with Crippen LogP contribution in [0.2, 0.25) is 0 Å². The van der Waals surface area contributed by atoms with Gasteiger partial charge in [0.05, 0.1) is 6.10 Å². The Labute approximate surface area is 149 Å². The molecule has 0 aliphatic carbocycles. The Morgan fingerprint density at radius 1 is 1.04 bits per heavy atom. The van der Waals surface area contributed by atoms with Crippen LogP contribution >= 0.6 is 12.4 Å². The molecule has 0 aliphatic rings. The van der Waals surface area contributed by atoms with Crippen LogP contribution in [-0.4, -0.2) is 19.1 Å². The molecule has 2 aromatic carbocycles. The van der Waals surface area contributed by atoms with Gasteiger partial charge in [0.15, 0.2) is 0 Å². The molecule has 0 radical (unpaired) electrons. The number of amides is 1. The van der Waals surface area contributed by atoms with Gasteiger partial charge >= 0.3 is 0 Å². The fraction of sp³-hybridized carbons (Fsp3) is 0.316. The second kappa shape index (κ2) is 10.8. The van der Waals surface area contributed by atoms with Gasteiger partial charge in [-0.3, -0.25) is 4.79 Å². The van der Waals surface area contributed by atoms with Crippen LogP contribution in [0.25, 0.3) is 0 Å². The highest BCUT2D eigenvalue weighted by Gasteiger charge is 2.14. The van der Waals surface area contributed by atoms with E-state index >= 15 is 0 Å². The molecule has 0 saturated carbocycles. The Bertz CT molecular complexity index is 593. The lowest BCUT2D eigenvalue weighted by molar-refractivity contribution is -0.122. The van der Waals surface area contributed by atoms with E-state index in [1.165, 1.54) is 0 Å². The van der Waals surface area contributed by atoms with Crippen LogP contribution in [0.15, 0.2) is 60.7 Å². The van der Waals surface area contributed by atoms with Crippen molar-refractivity contribution in [1.82, 2.24) is 5.32 Å². The zero-order valence-corrected chi connectivity index (χ0v) is 14.7. The van der Waals surface area contributed by atoms with E-state index in [-0.39, 0.29) is 24.4 Å². The van der Waals surface area contributed by atoms with E-state index in [0.29, 0.717) is 13.2 Å². The molecule has 0 aromatic heterocycles. The molecule has 0 spiro atoms. The number of carbonyl (C=O) groups excluding carboxylic acids is 1. The first-order valence-corrected chi connectivity index (χ1v) is 7.93. The number of benzene rings is 2. The van der Waals surface area contributed by atoms with Crippen molar-refractivity contribution in [3.8, 4) is 0 Å². The average molecular weight is 349 g/mol. The maximum absolute atomic E-state index is 12.0. The van der Waals surface area contributed by atoms with E-state index in [2.05, 4.69) is 5.32 Å². The number of ether oxygens (including phenoxy) is 1. The van der Waals surface area contributed by atoms with E-state index in [1.807, 2.05) is 67.6 Å². The summed E-state index contributed by atoms with van der Waals surface area (Å²) < 4.78 is 5.77. The fourth-order valence-electron chi connectivity index (χ4n) is 2.29. The molecule has 4 nitrogen and oxygen atoms in total. The second-order valence-corrected chi connectivity index (χ2v) is 5.46. The lowest BCUT2D eigenvalue weighted by Gasteiger charge is -2.15. The first-order chi connectivity index (χ1) is 11.2. The minimum atomic E-state index is -0.625. The van der Waals surface area contributed by atoms with Gasteiger partial charge in [0.1, 0.15) is 6.04 Å².